The van der Waals surface area contributed by atoms with Crippen molar-refractivity contribution < 1.29 is 9.53 Å². The van der Waals surface area contributed by atoms with Crippen LogP contribution in [0.15, 0.2) is 0 Å². The molecular formula is C13H26O2. The summed E-state index contributed by atoms with van der Waals surface area (Å²) in [5.41, 5.74) is 0. The third-order valence-corrected chi connectivity index (χ3v) is 2.93. The van der Waals surface area contributed by atoms with Gasteiger partial charge in [0.15, 0.2) is 0 Å². The van der Waals surface area contributed by atoms with Crippen LogP contribution >= 0.6 is 0 Å². The second-order valence-corrected chi connectivity index (χ2v) is 4.41. The fraction of sp³-hybridized carbons (Fsp3) is 0.923. The number of hydrogen-bond donors (Lipinski definition) is 0. The van der Waals surface area contributed by atoms with Crippen LogP contribution in [0, 0.1) is 5.92 Å². The van der Waals surface area contributed by atoms with E-state index in [1.165, 1.54) is 25.7 Å². The van der Waals surface area contributed by atoms with Gasteiger partial charge in [0.1, 0.15) is 5.78 Å². The Morgan fingerprint density at radius 1 is 1.20 bits per heavy atom. The molecule has 1 aliphatic carbocycles. The maximum atomic E-state index is 10.8. The monoisotopic (exact) mass is 214 g/mol. The predicted octanol–water partition coefficient (Wildman–Crippen LogP) is 3.59. The van der Waals surface area contributed by atoms with E-state index >= 15 is 0 Å². The highest BCUT2D eigenvalue weighted by Crippen LogP contribution is 2.15. The molecule has 1 atom stereocenters. The number of rotatable bonds is 6. The van der Waals surface area contributed by atoms with E-state index < -0.39 is 0 Å². The summed E-state index contributed by atoms with van der Waals surface area (Å²) < 4.78 is 4.90. The Bertz CT molecular complexity index is 147. The largest absolute Gasteiger partial charge is 0.385 e. The molecule has 0 aliphatic heterocycles. The van der Waals surface area contributed by atoms with Gasteiger partial charge in [-0.05, 0) is 19.8 Å². The maximum Gasteiger partial charge on any atom is 0.132 e. The molecule has 0 N–H and O–H groups in total. The molecule has 2 heteroatoms. The van der Waals surface area contributed by atoms with Crippen molar-refractivity contribution in [1.82, 2.24) is 0 Å². The molecule has 0 saturated heterocycles. The number of methoxy groups -OCH3 is 1. The number of Topliss-reactive ketones (excluding diaryl/α,β-unsaturated/α-hetero) is 1. The highest BCUT2D eigenvalue weighted by Gasteiger charge is 2.05. The summed E-state index contributed by atoms with van der Waals surface area (Å²) >= 11 is 0. The molecule has 0 spiro atoms. The Hall–Kier alpha value is -0.370. The second kappa shape index (κ2) is 10.2. The van der Waals surface area contributed by atoms with Crippen LogP contribution in [0.5, 0.6) is 0 Å². The van der Waals surface area contributed by atoms with E-state index in [-0.39, 0.29) is 5.92 Å². The number of hydrogen-bond acceptors (Lipinski definition) is 2. The number of carbonyl (C=O) groups is 1. The molecule has 1 unspecified atom stereocenters. The van der Waals surface area contributed by atoms with Gasteiger partial charge in [-0.3, -0.25) is 4.79 Å². The molecule has 2 nitrogen and oxygen atoms in total. The first-order valence-electron chi connectivity index (χ1n) is 6.18. The average molecular weight is 214 g/mol. The fourth-order valence-corrected chi connectivity index (χ4v) is 1.15. The number of unbranched alkanes of at least 4 members (excludes halogenated alkanes) is 1. The Morgan fingerprint density at radius 2 is 1.73 bits per heavy atom. The van der Waals surface area contributed by atoms with Crippen molar-refractivity contribution in [2.24, 2.45) is 5.92 Å². The molecule has 0 aromatic heterocycles. The summed E-state index contributed by atoms with van der Waals surface area (Å²) in [5.74, 6) is 0.522. The molecule has 15 heavy (non-hydrogen) atoms. The summed E-state index contributed by atoms with van der Waals surface area (Å²) in [5, 5.41) is 0. The van der Waals surface area contributed by atoms with Gasteiger partial charge in [-0.15, -0.1) is 0 Å². The smallest absolute Gasteiger partial charge is 0.132 e. The molecule has 0 aromatic carbocycles. The Morgan fingerprint density at radius 3 is 2.07 bits per heavy atom. The molecule has 90 valence electrons. The SMILES string of the molecule is C1CCC1.COCCCCC(C)C(C)=O. The Balaban J connectivity index is 0.000000401. The van der Waals surface area contributed by atoms with Crippen molar-refractivity contribution in [3.05, 3.63) is 0 Å². The molecule has 0 heterocycles. The van der Waals surface area contributed by atoms with Crippen molar-refractivity contribution in [3.63, 3.8) is 0 Å². The Labute approximate surface area is 94.4 Å². The van der Waals surface area contributed by atoms with E-state index in [9.17, 15) is 4.79 Å². The van der Waals surface area contributed by atoms with Gasteiger partial charge in [-0.1, -0.05) is 39.0 Å². The van der Waals surface area contributed by atoms with Gasteiger partial charge in [-0.2, -0.15) is 0 Å². The van der Waals surface area contributed by atoms with Gasteiger partial charge in [0.2, 0.25) is 0 Å². The van der Waals surface area contributed by atoms with Crippen molar-refractivity contribution in [2.45, 2.75) is 58.8 Å². The van der Waals surface area contributed by atoms with Crippen LogP contribution in [-0.2, 0) is 9.53 Å². The molecular weight excluding hydrogens is 188 g/mol. The molecule has 1 aliphatic rings. The predicted molar refractivity (Wildman–Crippen MR) is 64.0 cm³/mol. The zero-order chi connectivity index (χ0) is 11.5. The fourth-order valence-electron chi connectivity index (χ4n) is 1.15. The molecule has 0 amide bonds. The molecule has 1 rings (SSSR count). The number of ketones is 1. The number of ether oxygens (including phenoxy) is 1. The van der Waals surface area contributed by atoms with E-state index in [4.69, 9.17) is 4.74 Å². The summed E-state index contributed by atoms with van der Waals surface area (Å²) in [6.07, 6.45) is 9.15. The van der Waals surface area contributed by atoms with Crippen LogP contribution in [0.3, 0.4) is 0 Å². The lowest BCUT2D eigenvalue weighted by molar-refractivity contribution is -0.120. The minimum Gasteiger partial charge on any atom is -0.385 e. The molecule has 0 aromatic rings. The second-order valence-electron chi connectivity index (χ2n) is 4.41. The minimum absolute atomic E-state index is 0.229. The van der Waals surface area contributed by atoms with E-state index in [1.54, 1.807) is 14.0 Å². The van der Waals surface area contributed by atoms with Gasteiger partial charge in [-0.25, -0.2) is 0 Å². The summed E-state index contributed by atoms with van der Waals surface area (Å²) in [6, 6.07) is 0. The summed E-state index contributed by atoms with van der Waals surface area (Å²) in [7, 11) is 1.70. The first kappa shape index (κ1) is 14.6. The zero-order valence-corrected chi connectivity index (χ0v) is 10.6. The van der Waals surface area contributed by atoms with Crippen LogP contribution < -0.4 is 0 Å². The highest BCUT2D eigenvalue weighted by molar-refractivity contribution is 5.77. The van der Waals surface area contributed by atoms with Crippen molar-refractivity contribution in [1.29, 1.82) is 0 Å². The van der Waals surface area contributed by atoms with Gasteiger partial charge in [0, 0.05) is 19.6 Å². The van der Waals surface area contributed by atoms with E-state index in [0.717, 1.165) is 25.9 Å². The zero-order valence-electron chi connectivity index (χ0n) is 10.6. The van der Waals surface area contributed by atoms with E-state index in [0.29, 0.717) is 5.78 Å². The Kier molecular flexibility index (Phi) is 9.91. The number of carbonyl (C=O) groups excluding carboxylic acids is 1. The normalized spacial score (nSPS) is 15.9. The topological polar surface area (TPSA) is 26.3 Å². The molecule has 0 bridgehead atoms. The van der Waals surface area contributed by atoms with Crippen molar-refractivity contribution >= 4 is 5.78 Å². The lowest BCUT2D eigenvalue weighted by Crippen LogP contribution is -2.06. The van der Waals surface area contributed by atoms with Crippen LogP contribution in [-0.4, -0.2) is 19.5 Å². The van der Waals surface area contributed by atoms with Gasteiger partial charge in [0.05, 0.1) is 0 Å². The van der Waals surface area contributed by atoms with Crippen molar-refractivity contribution in [2.75, 3.05) is 13.7 Å². The van der Waals surface area contributed by atoms with Gasteiger partial charge >= 0.3 is 0 Å². The molecule has 1 fully saturated rings. The quantitative estimate of drug-likeness (QED) is 0.632. The lowest BCUT2D eigenvalue weighted by Gasteiger charge is -2.05. The van der Waals surface area contributed by atoms with Crippen LogP contribution in [0.4, 0.5) is 0 Å². The van der Waals surface area contributed by atoms with E-state index in [1.807, 2.05) is 6.92 Å². The minimum atomic E-state index is 0.229. The molecule has 1 saturated carbocycles. The lowest BCUT2D eigenvalue weighted by atomic mass is 10.0. The average Bonchev–Trinajstić information content (AvgIpc) is 2.09. The first-order chi connectivity index (χ1) is 7.18. The van der Waals surface area contributed by atoms with Crippen LogP contribution in [0.25, 0.3) is 0 Å². The van der Waals surface area contributed by atoms with Crippen LogP contribution in [0.1, 0.15) is 58.8 Å². The molecule has 0 radical (unpaired) electrons. The van der Waals surface area contributed by atoms with E-state index in [2.05, 4.69) is 0 Å². The highest BCUT2D eigenvalue weighted by atomic mass is 16.5. The summed E-state index contributed by atoms with van der Waals surface area (Å²) in [4.78, 5) is 10.8. The van der Waals surface area contributed by atoms with Crippen LogP contribution in [0.2, 0.25) is 0 Å². The van der Waals surface area contributed by atoms with Crippen molar-refractivity contribution in [3.8, 4) is 0 Å². The third kappa shape index (κ3) is 9.92. The maximum absolute atomic E-state index is 10.8. The standard InChI is InChI=1S/C9H18O2.C4H8/c1-8(9(2)10)6-4-5-7-11-3;1-2-4-3-1/h8H,4-7H2,1-3H3;1-4H2. The first-order valence-corrected chi connectivity index (χ1v) is 6.18. The summed E-state index contributed by atoms with van der Waals surface area (Å²) in [6.45, 7) is 4.45. The van der Waals surface area contributed by atoms with Gasteiger partial charge < -0.3 is 4.74 Å². The third-order valence-electron chi connectivity index (χ3n) is 2.93. The van der Waals surface area contributed by atoms with Gasteiger partial charge in [0.25, 0.3) is 0 Å².